The number of nitrogens with zero attached hydrogens (tertiary/aromatic N) is 3. The van der Waals surface area contributed by atoms with Crippen molar-refractivity contribution in [1.82, 2.24) is 19.5 Å². The number of rotatable bonds is 8. The molecule has 46 heavy (non-hydrogen) atoms. The van der Waals surface area contributed by atoms with E-state index in [0.29, 0.717) is 16.2 Å². The van der Waals surface area contributed by atoms with E-state index in [9.17, 15) is 19.2 Å². The molecule has 6 rings (SSSR count). The molecule has 10 nitrogen and oxygen atoms in total. The number of aromatic nitrogens is 4. The second-order valence-corrected chi connectivity index (χ2v) is 11.4. The third-order valence-electron chi connectivity index (χ3n) is 7.69. The molecule has 0 radical (unpaired) electrons. The van der Waals surface area contributed by atoms with Gasteiger partial charge in [-0.15, -0.1) is 0 Å². The molecule has 5 aromatic rings. The van der Waals surface area contributed by atoms with Crippen molar-refractivity contribution in [1.29, 1.82) is 0 Å². The van der Waals surface area contributed by atoms with Crippen molar-refractivity contribution >= 4 is 35.9 Å². The first-order valence-corrected chi connectivity index (χ1v) is 15.3. The number of hydrogen-bond acceptors (Lipinski definition) is 9. The molecule has 0 fully saturated rings. The maximum absolute atomic E-state index is 13.5. The minimum atomic E-state index is -0.703. The molecule has 2 heterocycles. The van der Waals surface area contributed by atoms with Gasteiger partial charge in [-0.05, 0) is 33.4 Å². The van der Waals surface area contributed by atoms with Crippen LogP contribution < -0.4 is 11.2 Å². The Bertz CT molecular complexity index is 2050. The fourth-order valence-corrected chi connectivity index (χ4v) is 6.23. The molecule has 0 saturated carbocycles. The fraction of sp³-hybridized carbons (Fsp3) is 0.143. The number of benzene rings is 3. The molecule has 2 aromatic heterocycles. The van der Waals surface area contributed by atoms with Crippen LogP contribution in [-0.4, -0.2) is 51.4 Å². The highest BCUT2D eigenvalue weighted by molar-refractivity contribution is 8.00. The molecule has 0 saturated heterocycles. The Balaban J connectivity index is 1.46. The van der Waals surface area contributed by atoms with Crippen molar-refractivity contribution in [3.05, 3.63) is 139 Å². The lowest BCUT2D eigenvalue weighted by Gasteiger charge is -2.21. The van der Waals surface area contributed by atoms with E-state index < -0.39 is 23.1 Å². The molecule has 0 unspecified atom stereocenters. The van der Waals surface area contributed by atoms with Crippen molar-refractivity contribution in [2.45, 2.75) is 17.4 Å². The molecule has 1 N–H and O–H groups in total. The number of carbonyl (C=O) groups excluding carboxylic acids is 2. The second kappa shape index (κ2) is 13.2. The molecule has 0 amide bonds. The summed E-state index contributed by atoms with van der Waals surface area (Å²) in [5, 5.41) is 0.421. The Morgan fingerprint density at radius 1 is 0.848 bits per heavy atom. The zero-order chi connectivity index (χ0) is 32.2. The SMILES string of the molecule is COC(=O)CSc1nc(-n2cc(C3c4ccccc4C=Cc4ccccc43)c(=O)[nH]c2=O)ncc1-c1ccc(CC(=O)OC)cc1. The number of esters is 2. The Hall–Kier alpha value is -5.55. The summed E-state index contributed by atoms with van der Waals surface area (Å²) in [5.41, 5.74) is 5.00. The lowest BCUT2D eigenvalue weighted by molar-refractivity contribution is -0.140. The van der Waals surface area contributed by atoms with Gasteiger partial charge in [-0.3, -0.25) is 19.4 Å². The normalized spacial score (nSPS) is 12.1. The summed E-state index contributed by atoms with van der Waals surface area (Å²) in [7, 11) is 2.64. The van der Waals surface area contributed by atoms with Gasteiger partial charge in [-0.2, -0.15) is 0 Å². The summed E-state index contributed by atoms with van der Waals surface area (Å²) in [4.78, 5) is 62.2. The molecular weight excluding hydrogens is 604 g/mol. The summed E-state index contributed by atoms with van der Waals surface area (Å²) in [6, 6.07) is 22.9. The van der Waals surface area contributed by atoms with E-state index in [-0.39, 0.29) is 24.1 Å². The number of thioether (sulfide) groups is 1. The van der Waals surface area contributed by atoms with Crippen LogP contribution in [0.15, 0.2) is 99.8 Å². The summed E-state index contributed by atoms with van der Waals surface area (Å²) < 4.78 is 10.8. The predicted molar refractivity (Wildman–Crippen MR) is 175 cm³/mol. The summed E-state index contributed by atoms with van der Waals surface area (Å²) in [5.74, 6) is -1.29. The average Bonchev–Trinajstić information content (AvgIpc) is 3.24. The lowest BCUT2D eigenvalue weighted by atomic mass is 9.83. The number of nitrogens with one attached hydrogen (secondary N) is 1. The molecule has 3 aromatic carbocycles. The maximum atomic E-state index is 13.5. The molecule has 230 valence electrons. The van der Waals surface area contributed by atoms with E-state index in [0.717, 1.165) is 45.1 Å². The number of hydrogen-bond donors (Lipinski definition) is 1. The average molecular weight is 633 g/mol. The zero-order valence-corrected chi connectivity index (χ0v) is 25.7. The second-order valence-electron chi connectivity index (χ2n) is 10.4. The van der Waals surface area contributed by atoms with Crippen LogP contribution in [0, 0.1) is 0 Å². The number of methoxy groups -OCH3 is 2. The topological polar surface area (TPSA) is 133 Å². The minimum Gasteiger partial charge on any atom is -0.469 e. The monoisotopic (exact) mass is 632 g/mol. The van der Waals surface area contributed by atoms with Gasteiger partial charge in [0.05, 0.1) is 26.4 Å². The summed E-state index contributed by atoms with van der Waals surface area (Å²) in [6.45, 7) is 0. The number of carbonyl (C=O) groups is 2. The predicted octanol–water partition coefficient (Wildman–Crippen LogP) is 4.63. The van der Waals surface area contributed by atoms with E-state index in [1.807, 2.05) is 72.8 Å². The summed E-state index contributed by atoms with van der Waals surface area (Å²) >= 11 is 1.13. The van der Waals surface area contributed by atoms with Gasteiger partial charge in [0.25, 0.3) is 5.56 Å². The van der Waals surface area contributed by atoms with Gasteiger partial charge in [-0.1, -0.05) is 96.7 Å². The number of ether oxygens (including phenoxy) is 2. The lowest BCUT2D eigenvalue weighted by Crippen LogP contribution is -2.33. The Kier molecular flexibility index (Phi) is 8.75. The number of fused-ring (bicyclic) bond motifs is 2. The summed E-state index contributed by atoms with van der Waals surface area (Å²) in [6.07, 6.45) is 7.23. The molecule has 0 spiro atoms. The van der Waals surface area contributed by atoms with E-state index >= 15 is 0 Å². The van der Waals surface area contributed by atoms with Gasteiger partial charge < -0.3 is 9.47 Å². The Morgan fingerprint density at radius 3 is 2.11 bits per heavy atom. The fourth-order valence-electron chi connectivity index (χ4n) is 5.38. The molecule has 0 bridgehead atoms. The van der Waals surface area contributed by atoms with Gasteiger partial charge in [0.1, 0.15) is 5.03 Å². The van der Waals surface area contributed by atoms with Gasteiger partial charge >= 0.3 is 17.6 Å². The van der Waals surface area contributed by atoms with E-state index in [1.165, 1.54) is 25.0 Å². The highest BCUT2D eigenvalue weighted by atomic mass is 32.2. The van der Waals surface area contributed by atoms with Crippen molar-refractivity contribution in [2.24, 2.45) is 0 Å². The van der Waals surface area contributed by atoms with Crippen LogP contribution in [0.1, 0.15) is 39.3 Å². The molecule has 11 heteroatoms. The standard InChI is InChI=1S/C35H28N4O6S/c1-44-29(40)17-21-11-13-24(14-12-21)27-18-36-34(38-33(27)46-20-30(41)45-2)39-19-28(32(42)37-35(39)43)31-25-9-5-3-7-22(25)15-16-23-8-4-6-10-26(23)31/h3-16,18-19,31H,17,20H2,1-2H3,(H,37,42,43). The van der Waals surface area contributed by atoms with Crippen LogP contribution in [-0.2, 0) is 25.5 Å². The zero-order valence-electron chi connectivity index (χ0n) is 24.9. The van der Waals surface area contributed by atoms with Gasteiger partial charge in [0.2, 0.25) is 5.95 Å². The van der Waals surface area contributed by atoms with Crippen molar-refractivity contribution < 1.29 is 19.1 Å². The first-order chi connectivity index (χ1) is 22.4. The van der Waals surface area contributed by atoms with Crippen molar-refractivity contribution in [2.75, 3.05) is 20.0 Å². The third-order valence-corrected chi connectivity index (χ3v) is 8.65. The molecule has 0 atom stereocenters. The van der Waals surface area contributed by atoms with Crippen LogP contribution in [0.25, 0.3) is 29.2 Å². The quantitative estimate of drug-likeness (QED) is 0.145. The van der Waals surface area contributed by atoms with Crippen LogP contribution in [0.4, 0.5) is 0 Å². The maximum Gasteiger partial charge on any atom is 0.335 e. The third kappa shape index (κ3) is 6.18. The Morgan fingerprint density at radius 2 is 1.48 bits per heavy atom. The van der Waals surface area contributed by atoms with E-state index in [2.05, 4.69) is 9.97 Å². The molecule has 1 aliphatic rings. The van der Waals surface area contributed by atoms with Gasteiger partial charge in [-0.25, -0.2) is 19.3 Å². The molecule has 0 aliphatic heterocycles. The van der Waals surface area contributed by atoms with Crippen molar-refractivity contribution in [3.63, 3.8) is 0 Å². The van der Waals surface area contributed by atoms with E-state index in [4.69, 9.17) is 14.5 Å². The highest BCUT2D eigenvalue weighted by Gasteiger charge is 2.27. The molecular formula is C35H28N4O6S. The van der Waals surface area contributed by atoms with E-state index in [1.54, 1.807) is 18.3 Å². The van der Waals surface area contributed by atoms with Gasteiger partial charge in [0, 0.05) is 29.4 Å². The minimum absolute atomic E-state index is 0.0224. The first kappa shape index (κ1) is 30.5. The first-order valence-electron chi connectivity index (χ1n) is 14.3. The van der Waals surface area contributed by atoms with Crippen molar-refractivity contribution in [3.8, 4) is 17.1 Å². The number of aromatic amines is 1. The Labute approximate surface area is 267 Å². The van der Waals surface area contributed by atoms with Gasteiger partial charge in [0.15, 0.2) is 0 Å². The van der Waals surface area contributed by atoms with Crippen LogP contribution in [0.2, 0.25) is 0 Å². The largest absolute Gasteiger partial charge is 0.469 e. The highest BCUT2D eigenvalue weighted by Crippen LogP contribution is 2.38. The number of H-pyrrole nitrogens is 1. The molecule has 1 aliphatic carbocycles. The van der Waals surface area contributed by atoms with Crippen LogP contribution in [0.5, 0.6) is 0 Å². The smallest absolute Gasteiger partial charge is 0.335 e. The van der Waals surface area contributed by atoms with Crippen LogP contribution >= 0.6 is 11.8 Å². The van der Waals surface area contributed by atoms with Crippen LogP contribution in [0.3, 0.4) is 0 Å².